The molecule has 1 aliphatic heterocycles. The predicted molar refractivity (Wildman–Crippen MR) is 117 cm³/mol. The van der Waals surface area contributed by atoms with E-state index in [-0.39, 0.29) is 5.91 Å². The topological polar surface area (TPSA) is 136 Å². The lowest BCUT2D eigenvalue weighted by Crippen LogP contribution is -2.28. The van der Waals surface area contributed by atoms with E-state index in [1.807, 2.05) is 12.1 Å². The molecular formula is C23H17N7O2. The molecule has 32 heavy (non-hydrogen) atoms. The lowest BCUT2D eigenvalue weighted by Gasteiger charge is -2.22. The molecular weight excluding hydrogens is 406 g/mol. The van der Waals surface area contributed by atoms with Crippen LogP contribution in [-0.4, -0.2) is 22.7 Å². The van der Waals surface area contributed by atoms with Crippen LogP contribution in [0.2, 0.25) is 0 Å². The average molecular weight is 423 g/mol. The smallest absolute Gasteiger partial charge is 0.268 e. The summed E-state index contributed by atoms with van der Waals surface area (Å²) >= 11 is 0. The Bertz CT molecular complexity index is 1230. The monoisotopic (exact) mass is 423 g/mol. The first-order chi connectivity index (χ1) is 15.7. The van der Waals surface area contributed by atoms with Crippen LogP contribution in [0.5, 0.6) is 0 Å². The highest BCUT2D eigenvalue weighted by Gasteiger charge is 2.34. The maximum absolute atomic E-state index is 12.6. The van der Waals surface area contributed by atoms with Gasteiger partial charge < -0.3 is 10.2 Å². The summed E-state index contributed by atoms with van der Waals surface area (Å²) in [6, 6.07) is 21.2. The highest BCUT2D eigenvalue weighted by atomic mass is 16.6. The number of carbonyl (C=O) groups excluding carboxylic acids is 1. The largest absolute Gasteiger partial charge is 0.382 e. The molecule has 1 aliphatic rings. The second-order valence-electron chi connectivity index (χ2n) is 7.02. The lowest BCUT2D eigenvalue weighted by molar-refractivity contribution is -0.125. The van der Waals surface area contributed by atoms with Crippen molar-refractivity contribution in [3.8, 4) is 6.07 Å². The summed E-state index contributed by atoms with van der Waals surface area (Å²) in [7, 11) is 0. The van der Waals surface area contributed by atoms with Gasteiger partial charge in [-0.05, 0) is 40.9 Å². The van der Waals surface area contributed by atoms with E-state index < -0.39 is 11.6 Å². The van der Waals surface area contributed by atoms with Crippen LogP contribution >= 0.6 is 0 Å². The molecule has 2 heterocycles. The highest BCUT2D eigenvalue weighted by molar-refractivity contribution is 6.05. The number of carbonyl (C=O) groups is 1. The van der Waals surface area contributed by atoms with Gasteiger partial charge in [0.15, 0.2) is 5.54 Å². The Hall–Kier alpha value is -4.67. The zero-order chi connectivity index (χ0) is 22.4. The van der Waals surface area contributed by atoms with Crippen molar-refractivity contribution in [2.24, 2.45) is 10.3 Å². The third-order valence-electron chi connectivity index (χ3n) is 5.07. The molecule has 2 aromatic carbocycles. The van der Waals surface area contributed by atoms with Crippen molar-refractivity contribution >= 4 is 17.3 Å². The number of hydrogen-bond donors (Lipinski definition) is 1. The van der Waals surface area contributed by atoms with Crippen LogP contribution in [0.15, 0.2) is 89.4 Å². The molecule has 0 saturated heterocycles. The van der Waals surface area contributed by atoms with Crippen molar-refractivity contribution in [2.45, 2.75) is 18.1 Å². The second-order valence-corrected chi connectivity index (χ2v) is 7.02. The zero-order valence-corrected chi connectivity index (χ0v) is 16.8. The first kappa shape index (κ1) is 20.6. The molecule has 1 N–H and O–H groups in total. The molecule has 2 unspecified atom stereocenters. The fraction of sp³-hybridized carbons (Fsp3) is 0.130. The van der Waals surface area contributed by atoms with Crippen LogP contribution in [0.3, 0.4) is 0 Å². The number of aromatic nitrogens is 1. The number of nitriles is 1. The molecule has 0 saturated carbocycles. The van der Waals surface area contributed by atoms with Gasteiger partial charge in [0.05, 0.1) is 11.8 Å². The SMILES string of the molecule is N#CC(N=[N+]=[N-])(c1ccccc1)c1ccc(NC(=O)C2CC(c3cccnc3)=NO2)cc1. The van der Waals surface area contributed by atoms with Crippen molar-refractivity contribution in [3.63, 3.8) is 0 Å². The summed E-state index contributed by atoms with van der Waals surface area (Å²) in [5, 5.41) is 20.5. The quantitative estimate of drug-likeness (QED) is 0.359. The zero-order valence-electron chi connectivity index (χ0n) is 16.8. The van der Waals surface area contributed by atoms with Gasteiger partial charge in [-0.25, -0.2) is 0 Å². The molecule has 156 valence electrons. The number of pyridine rings is 1. The number of rotatable bonds is 6. The Morgan fingerprint density at radius 3 is 2.56 bits per heavy atom. The van der Waals surface area contributed by atoms with E-state index in [0.717, 1.165) is 5.56 Å². The van der Waals surface area contributed by atoms with Crippen LogP contribution in [0.25, 0.3) is 10.4 Å². The molecule has 1 aromatic heterocycles. The normalized spacial score (nSPS) is 16.5. The van der Waals surface area contributed by atoms with Crippen LogP contribution in [-0.2, 0) is 15.2 Å². The van der Waals surface area contributed by atoms with Crippen molar-refractivity contribution in [3.05, 3.63) is 106 Å². The molecule has 3 aromatic rings. The Labute approximate surface area is 183 Å². The summed E-state index contributed by atoms with van der Waals surface area (Å²) < 4.78 is 0. The maximum Gasteiger partial charge on any atom is 0.268 e. The molecule has 0 spiro atoms. The van der Waals surface area contributed by atoms with Gasteiger partial charge in [0, 0.05) is 35.0 Å². The number of azide groups is 1. The minimum Gasteiger partial charge on any atom is -0.382 e. The number of anilines is 1. The number of benzene rings is 2. The first-order valence-corrected chi connectivity index (χ1v) is 9.74. The van der Waals surface area contributed by atoms with Crippen molar-refractivity contribution < 1.29 is 9.63 Å². The Kier molecular flexibility index (Phi) is 5.79. The summed E-state index contributed by atoms with van der Waals surface area (Å²) in [6.45, 7) is 0. The first-order valence-electron chi connectivity index (χ1n) is 9.74. The summed E-state index contributed by atoms with van der Waals surface area (Å²) in [5.41, 5.74) is 10.6. The molecule has 0 bridgehead atoms. The number of nitrogens with zero attached hydrogens (tertiary/aromatic N) is 6. The van der Waals surface area contributed by atoms with Gasteiger partial charge in [0.25, 0.3) is 5.91 Å². The second kappa shape index (κ2) is 9.00. The van der Waals surface area contributed by atoms with Crippen LogP contribution in [0.4, 0.5) is 5.69 Å². The van der Waals surface area contributed by atoms with E-state index in [9.17, 15) is 10.1 Å². The van der Waals surface area contributed by atoms with Crippen LogP contribution < -0.4 is 5.32 Å². The third-order valence-corrected chi connectivity index (χ3v) is 5.07. The standard InChI is InChI=1S/C23H17N7O2/c24-15-23(29-30-25,17-6-2-1-3-7-17)18-8-10-19(11-9-18)27-22(31)21-13-20(28-32-21)16-5-4-12-26-14-16/h1-12,14,21H,13H2,(H,27,31). The van der Waals surface area contributed by atoms with Crippen LogP contribution in [0.1, 0.15) is 23.1 Å². The number of amides is 1. The van der Waals surface area contributed by atoms with E-state index in [0.29, 0.717) is 28.9 Å². The van der Waals surface area contributed by atoms with Crippen molar-refractivity contribution in [1.82, 2.24) is 4.98 Å². The Morgan fingerprint density at radius 1 is 1.16 bits per heavy atom. The van der Waals surface area contributed by atoms with Gasteiger partial charge in [-0.2, -0.15) is 5.26 Å². The molecule has 2 atom stereocenters. The lowest BCUT2D eigenvalue weighted by atomic mass is 9.85. The molecule has 0 radical (unpaired) electrons. The summed E-state index contributed by atoms with van der Waals surface area (Å²) in [5.74, 6) is -0.343. The Morgan fingerprint density at radius 2 is 1.91 bits per heavy atom. The predicted octanol–water partition coefficient (Wildman–Crippen LogP) is 4.29. The maximum atomic E-state index is 12.6. The minimum absolute atomic E-state index is 0.331. The van der Waals surface area contributed by atoms with Crippen molar-refractivity contribution in [2.75, 3.05) is 5.32 Å². The van der Waals surface area contributed by atoms with Gasteiger partial charge in [0.2, 0.25) is 6.10 Å². The van der Waals surface area contributed by atoms with Gasteiger partial charge in [0.1, 0.15) is 0 Å². The van der Waals surface area contributed by atoms with Crippen molar-refractivity contribution in [1.29, 1.82) is 5.26 Å². The van der Waals surface area contributed by atoms with Crippen LogP contribution in [0, 0.1) is 11.3 Å². The van der Waals surface area contributed by atoms with E-state index in [2.05, 4.69) is 31.6 Å². The van der Waals surface area contributed by atoms with E-state index in [1.165, 1.54) is 0 Å². The number of nitrogens with one attached hydrogen (secondary N) is 1. The Balaban J connectivity index is 1.49. The van der Waals surface area contributed by atoms with Gasteiger partial charge in [-0.15, -0.1) is 0 Å². The van der Waals surface area contributed by atoms with E-state index >= 15 is 0 Å². The summed E-state index contributed by atoms with van der Waals surface area (Å²) in [4.78, 5) is 24.8. The molecule has 1 amide bonds. The fourth-order valence-electron chi connectivity index (χ4n) is 3.42. The van der Waals surface area contributed by atoms with Gasteiger partial charge in [-0.3, -0.25) is 9.78 Å². The molecule has 0 fully saturated rings. The molecule has 0 aliphatic carbocycles. The fourth-order valence-corrected chi connectivity index (χ4v) is 3.42. The van der Waals surface area contributed by atoms with Gasteiger partial charge in [-0.1, -0.05) is 52.7 Å². The van der Waals surface area contributed by atoms with E-state index in [1.54, 1.807) is 67.0 Å². The average Bonchev–Trinajstić information content (AvgIpc) is 3.35. The van der Waals surface area contributed by atoms with Gasteiger partial charge >= 0.3 is 0 Å². The highest BCUT2D eigenvalue weighted by Crippen LogP contribution is 2.34. The van der Waals surface area contributed by atoms with E-state index in [4.69, 9.17) is 10.4 Å². The number of hydrogen-bond acceptors (Lipinski definition) is 6. The summed E-state index contributed by atoms with van der Waals surface area (Å²) in [6.07, 6.45) is 2.90. The molecule has 9 heteroatoms. The molecule has 4 rings (SSSR count). The minimum atomic E-state index is -1.51. The third kappa shape index (κ3) is 3.99. The molecule has 9 nitrogen and oxygen atoms in total. The number of oxime groups is 1.